The molecule has 0 saturated heterocycles. The van der Waals surface area contributed by atoms with Crippen LogP contribution >= 0.6 is 0 Å². The largest absolute Gasteiger partial charge is 0.496 e. The number of nitrogens with zero attached hydrogens (tertiary/aromatic N) is 1. The lowest BCUT2D eigenvalue weighted by Crippen LogP contribution is -2.30. The van der Waals surface area contributed by atoms with E-state index in [0.29, 0.717) is 58.2 Å². The molecule has 8 heteroatoms. The number of hydrogen-bond donors (Lipinski definition) is 2. The first-order valence-corrected chi connectivity index (χ1v) is 9.99. The van der Waals surface area contributed by atoms with Crippen molar-refractivity contribution >= 4 is 28.4 Å². The molecule has 0 saturated carbocycles. The first-order valence-electron chi connectivity index (χ1n) is 9.99. The van der Waals surface area contributed by atoms with Gasteiger partial charge in [0.1, 0.15) is 11.4 Å². The van der Waals surface area contributed by atoms with Crippen molar-refractivity contribution in [3.8, 4) is 17.2 Å². The summed E-state index contributed by atoms with van der Waals surface area (Å²) < 4.78 is 16.2. The molecule has 2 N–H and O–H groups in total. The van der Waals surface area contributed by atoms with Gasteiger partial charge in [0.15, 0.2) is 11.5 Å². The van der Waals surface area contributed by atoms with E-state index in [2.05, 4.69) is 10.3 Å². The van der Waals surface area contributed by atoms with Gasteiger partial charge in [-0.3, -0.25) is 9.59 Å². The molecule has 31 heavy (non-hydrogen) atoms. The van der Waals surface area contributed by atoms with Gasteiger partial charge < -0.3 is 29.4 Å². The molecular formula is C23H27N3O5. The Kier molecular flexibility index (Phi) is 6.69. The van der Waals surface area contributed by atoms with Crippen LogP contribution in [0.5, 0.6) is 17.2 Å². The minimum atomic E-state index is -0.331. The average Bonchev–Trinajstić information content (AvgIpc) is 3.24. The van der Waals surface area contributed by atoms with Gasteiger partial charge in [0.25, 0.3) is 11.8 Å². The predicted molar refractivity (Wildman–Crippen MR) is 120 cm³/mol. The van der Waals surface area contributed by atoms with Gasteiger partial charge in [0.05, 0.1) is 26.8 Å². The summed E-state index contributed by atoms with van der Waals surface area (Å²) in [5, 5.41) is 3.54. The highest BCUT2D eigenvalue weighted by Crippen LogP contribution is 2.41. The molecule has 2 aromatic carbocycles. The van der Waals surface area contributed by atoms with Gasteiger partial charge >= 0.3 is 0 Å². The number of anilines is 1. The van der Waals surface area contributed by atoms with Crippen LogP contribution in [0.15, 0.2) is 36.4 Å². The Morgan fingerprint density at radius 3 is 2.13 bits per heavy atom. The average molecular weight is 425 g/mol. The van der Waals surface area contributed by atoms with Crippen LogP contribution in [0.25, 0.3) is 10.9 Å². The smallest absolute Gasteiger partial charge is 0.272 e. The van der Waals surface area contributed by atoms with Crippen molar-refractivity contribution in [1.82, 2.24) is 9.88 Å². The van der Waals surface area contributed by atoms with Crippen LogP contribution in [0.1, 0.15) is 34.7 Å². The highest BCUT2D eigenvalue weighted by molar-refractivity contribution is 6.08. The lowest BCUT2D eigenvalue weighted by molar-refractivity contribution is 0.0773. The van der Waals surface area contributed by atoms with E-state index < -0.39 is 0 Å². The number of H-pyrrole nitrogens is 1. The zero-order valence-electron chi connectivity index (χ0n) is 18.4. The molecule has 0 spiro atoms. The Morgan fingerprint density at radius 2 is 1.58 bits per heavy atom. The van der Waals surface area contributed by atoms with Crippen LogP contribution in [0.3, 0.4) is 0 Å². The second-order valence-corrected chi connectivity index (χ2v) is 6.79. The summed E-state index contributed by atoms with van der Waals surface area (Å²) in [6.45, 7) is 5.17. The van der Waals surface area contributed by atoms with Crippen molar-refractivity contribution in [2.45, 2.75) is 13.8 Å². The van der Waals surface area contributed by atoms with Gasteiger partial charge in [-0.2, -0.15) is 0 Å². The van der Waals surface area contributed by atoms with Crippen LogP contribution in [0.2, 0.25) is 0 Å². The van der Waals surface area contributed by atoms with Crippen LogP contribution in [-0.2, 0) is 0 Å². The third-order valence-corrected chi connectivity index (χ3v) is 5.13. The number of nitrogens with one attached hydrogen (secondary N) is 2. The summed E-state index contributed by atoms with van der Waals surface area (Å²) in [4.78, 5) is 30.1. The standard InChI is InChI=1S/C23H27N3O5/c1-6-26(7-2)23(28)14-8-10-15(11-9-14)24-22(27)17-12-16-18(29-3)13-19(30-4)21(31-5)20(16)25-17/h8-13,25H,6-7H2,1-5H3,(H,24,27). The molecule has 0 aliphatic rings. The number of rotatable bonds is 8. The Morgan fingerprint density at radius 1 is 0.935 bits per heavy atom. The molecule has 3 aromatic rings. The molecule has 0 radical (unpaired) electrons. The normalized spacial score (nSPS) is 10.6. The van der Waals surface area contributed by atoms with Gasteiger partial charge in [0, 0.05) is 35.8 Å². The molecule has 1 aromatic heterocycles. The minimum absolute atomic E-state index is 0.0355. The second kappa shape index (κ2) is 9.42. The molecule has 1 heterocycles. The first-order chi connectivity index (χ1) is 15.0. The highest BCUT2D eigenvalue weighted by atomic mass is 16.5. The van der Waals surface area contributed by atoms with Crippen LogP contribution < -0.4 is 19.5 Å². The molecule has 0 fully saturated rings. The summed E-state index contributed by atoms with van der Waals surface area (Å²) in [5.41, 5.74) is 2.09. The summed E-state index contributed by atoms with van der Waals surface area (Å²) in [7, 11) is 4.62. The fourth-order valence-electron chi connectivity index (χ4n) is 3.45. The first kappa shape index (κ1) is 22.0. The van der Waals surface area contributed by atoms with Gasteiger partial charge in [0.2, 0.25) is 0 Å². The topological polar surface area (TPSA) is 92.9 Å². The summed E-state index contributed by atoms with van der Waals surface area (Å²) >= 11 is 0. The Labute approximate surface area is 181 Å². The number of aromatic amines is 1. The van der Waals surface area contributed by atoms with E-state index in [-0.39, 0.29) is 11.8 Å². The number of fused-ring (bicyclic) bond motifs is 1. The summed E-state index contributed by atoms with van der Waals surface area (Å²) in [5.74, 6) is 1.17. The number of ether oxygens (including phenoxy) is 3. The second-order valence-electron chi connectivity index (χ2n) is 6.79. The van der Waals surface area contributed by atoms with Crippen molar-refractivity contribution in [1.29, 1.82) is 0 Å². The Balaban J connectivity index is 1.86. The van der Waals surface area contributed by atoms with Gasteiger partial charge in [-0.1, -0.05) is 0 Å². The third-order valence-electron chi connectivity index (χ3n) is 5.13. The van der Waals surface area contributed by atoms with Crippen molar-refractivity contribution < 1.29 is 23.8 Å². The van der Waals surface area contributed by atoms with E-state index in [9.17, 15) is 9.59 Å². The molecule has 0 unspecified atom stereocenters. The lowest BCUT2D eigenvalue weighted by atomic mass is 10.1. The van der Waals surface area contributed by atoms with Crippen LogP contribution in [0, 0.1) is 0 Å². The van der Waals surface area contributed by atoms with E-state index in [1.54, 1.807) is 48.4 Å². The van der Waals surface area contributed by atoms with Crippen molar-refractivity contribution in [2.75, 3.05) is 39.7 Å². The van der Waals surface area contributed by atoms with Crippen LogP contribution in [-0.4, -0.2) is 56.1 Å². The summed E-state index contributed by atoms with van der Waals surface area (Å²) in [6, 6.07) is 10.2. The molecule has 164 valence electrons. The number of methoxy groups -OCH3 is 3. The van der Waals surface area contributed by atoms with E-state index in [1.807, 2.05) is 13.8 Å². The van der Waals surface area contributed by atoms with E-state index in [4.69, 9.17) is 14.2 Å². The Bertz CT molecular complexity index is 1080. The molecule has 0 aliphatic heterocycles. The number of hydrogen-bond acceptors (Lipinski definition) is 5. The monoisotopic (exact) mass is 425 g/mol. The maximum absolute atomic E-state index is 12.8. The fraction of sp³-hybridized carbons (Fsp3) is 0.304. The minimum Gasteiger partial charge on any atom is -0.496 e. The summed E-state index contributed by atoms with van der Waals surface area (Å²) in [6.07, 6.45) is 0. The van der Waals surface area contributed by atoms with Crippen molar-refractivity contribution in [3.63, 3.8) is 0 Å². The highest BCUT2D eigenvalue weighted by Gasteiger charge is 2.20. The Hall–Kier alpha value is -3.68. The van der Waals surface area contributed by atoms with Crippen molar-refractivity contribution in [2.24, 2.45) is 0 Å². The molecule has 0 bridgehead atoms. The molecule has 3 rings (SSSR count). The SMILES string of the molecule is CCN(CC)C(=O)c1ccc(NC(=O)c2cc3c(OC)cc(OC)c(OC)c3[nH]2)cc1. The van der Waals surface area contributed by atoms with Crippen LogP contribution in [0.4, 0.5) is 5.69 Å². The van der Waals surface area contributed by atoms with E-state index in [1.165, 1.54) is 14.2 Å². The zero-order chi connectivity index (χ0) is 22.5. The molecule has 0 atom stereocenters. The lowest BCUT2D eigenvalue weighted by Gasteiger charge is -2.18. The predicted octanol–water partition coefficient (Wildman–Crippen LogP) is 3.93. The van der Waals surface area contributed by atoms with Gasteiger partial charge in [-0.25, -0.2) is 0 Å². The van der Waals surface area contributed by atoms with E-state index >= 15 is 0 Å². The fourth-order valence-corrected chi connectivity index (χ4v) is 3.45. The number of carbonyl (C=O) groups excluding carboxylic acids is 2. The molecular weight excluding hydrogens is 398 g/mol. The number of aromatic nitrogens is 1. The van der Waals surface area contributed by atoms with Crippen molar-refractivity contribution in [3.05, 3.63) is 47.7 Å². The quantitative estimate of drug-likeness (QED) is 0.570. The third kappa shape index (κ3) is 4.28. The zero-order valence-corrected chi connectivity index (χ0v) is 18.4. The number of carbonyl (C=O) groups is 2. The molecule has 0 aliphatic carbocycles. The van der Waals surface area contributed by atoms with E-state index in [0.717, 1.165) is 0 Å². The van der Waals surface area contributed by atoms with Gasteiger partial charge in [-0.15, -0.1) is 0 Å². The van der Waals surface area contributed by atoms with Gasteiger partial charge in [-0.05, 0) is 44.2 Å². The maximum atomic E-state index is 12.8. The maximum Gasteiger partial charge on any atom is 0.272 e. The molecule has 8 nitrogen and oxygen atoms in total. The molecule has 2 amide bonds. The number of amides is 2. The number of benzene rings is 2.